The summed E-state index contributed by atoms with van der Waals surface area (Å²) in [5.41, 5.74) is 3.32. The molecule has 1 fully saturated rings. The van der Waals surface area contributed by atoms with Gasteiger partial charge in [-0.25, -0.2) is 8.42 Å². The van der Waals surface area contributed by atoms with Crippen LogP contribution in [0.15, 0.2) is 70.3 Å². The van der Waals surface area contributed by atoms with Gasteiger partial charge in [-0.05, 0) is 66.6 Å². The van der Waals surface area contributed by atoms with Gasteiger partial charge in [-0.3, -0.25) is 9.59 Å². The number of anilines is 2. The van der Waals surface area contributed by atoms with Crippen molar-refractivity contribution in [3.8, 4) is 0 Å². The fourth-order valence-corrected chi connectivity index (χ4v) is 7.16. The number of piperidine rings is 1. The van der Waals surface area contributed by atoms with Crippen LogP contribution in [0.5, 0.6) is 0 Å². The second kappa shape index (κ2) is 9.32. The van der Waals surface area contributed by atoms with Gasteiger partial charge in [-0.2, -0.15) is 4.31 Å². The van der Waals surface area contributed by atoms with Gasteiger partial charge in [0.1, 0.15) is 4.21 Å². The maximum Gasteiger partial charge on any atom is 0.258 e. The molecule has 9 heteroatoms. The van der Waals surface area contributed by atoms with Crippen LogP contribution in [-0.2, 0) is 21.2 Å². The van der Waals surface area contributed by atoms with Gasteiger partial charge < -0.3 is 10.2 Å². The molecule has 2 aliphatic heterocycles. The molecule has 176 valence electrons. The molecule has 0 saturated carbocycles. The largest absolute Gasteiger partial charge is 0.326 e. The molecule has 0 aliphatic carbocycles. The van der Waals surface area contributed by atoms with Crippen molar-refractivity contribution in [3.05, 3.63) is 77.2 Å². The zero-order chi connectivity index (χ0) is 23.7. The van der Waals surface area contributed by atoms with Crippen LogP contribution in [-0.4, -0.2) is 44.2 Å². The number of hydrogen-bond donors (Lipinski definition) is 1. The molecular weight excluding hydrogens is 470 g/mol. The molecule has 0 bridgehead atoms. The minimum absolute atomic E-state index is 0.0536. The number of carbonyl (C=O) groups excluding carboxylic acids is 2. The van der Waals surface area contributed by atoms with E-state index in [0.29, 0.717) is 47.9 Å². The Morgan fingerprint density at radius 1 is 0.912 bits per heavy atom. The normalized spacial score (nSPS) is 16.9. The average Bonchev–Trinajstić information content (AvgIpc) is 3.55. The second-order valence-electron chi connectivity index (χ2n) is 8.51. The number of hydrogen-bond acceptors (Lipinski definition) is 5. The first kappa shape index (κ1) is 22.8. The van der Waals surface area contributed by atoms with Crippen molar-refractivity contribution in [2.75, 3.05) is 29.9 Å². The van der Waals surface area contributed by atoms with E-state index in [1.807, 2.05) is 24.3 Å². The Balaban J connectivity index is 1.17. The Morgan fingerprint density at radius 3 is 2.35 bits per heavy atom. The molecule has 0 unspecified atom stereocenters. The Morgan fingerprint density at radius 2 is 1.65 bits per heavy atom. The quantitative estimate of drug-likeness (QED) is 0.580. The van der Waals surface area contributed by atoms with Crippen molar-refractivity contribution in [1.29, 1.82) is 0 Å². The highest BCUT2D eigenvalue weighted by Gasteiger charge is 2.32. The van der Waals surface area contributed by atoms with Crippen molar-refractivity contribution < 1.29 is 18.0 Å². The number of benzene rings is 2. The van der Waals surface area contributed by atoms with Crippen LogP contribution < -0.4 is 10.2 Å². The summed E-state index contributed by atoms with van der Waals surface area (Å²) in [6, 6.07) is 18.2. The molecule has 3 heterocycles. The summed E-state index contributed by atoms with van der Waals surface area (Å²) in [7, 11) is -3.48. The maximum atomic E-state index is 13.0. The predicted octanol–water partition coefficient (Wildman–Crippen LogP) is 3.99. The van der Waals surface area contributed by atoms with Crippen LogP contribution in [0.4, 0.5) is 11.4 Å². The lowest BCUT2D eigenvalue weighted by atomic mass is 9.97. The molecule has 3 aromatic rings. The van der Waals surface area contributed by atoms with Gasteiger partial charge in [0.25, 0.3) is 15.9 Å². The SMILES string of the molecule is O=C(Nc1ccc(C(=O)N2CCc3ccccc32)cc1)C1CCN(S(=O)(=O)c2cccs2)CC1. The third kappa shape index (κ3) is 4.38. The highest BCUT2D eigenvalue weighted by Crippen LogP contribution is 2.30. The van der Waals surface area contributed by atoms with E-state index in [-0.39, 0.29) is 17.7 Å². The summed E-state index contributed by atoms with van der Waals surface area (Å²) in [6.45, 7) is 1.31. The second-order valence-corrected chi connectivity index (χ2v) is 11.6. The lowest BCUT2D eigenvalue weighted by Crippen LogP contribution is -2.41. The van der Waals surface area contributed by atoms with Gasteiger partial charge in [0.15, 0.2) is 0 Å². The van der Waals surface area contributed by atoms with Crippen LogP contribution in [0, 0.1) is 5.92 Å². The minimum atomic E-state index is -3.48. The molecule has 5 rings (SSSR count). The van der Waals surface area contributed by atoms with Crippen LogP contribution >= 0.6 is 11.3 Å². The predicted molar refractivity (Wildman–Crippen MR) is 133 cm³/mol. The first-order chi connectivity index (χ1) is 16.4. The Bertz CT molecular complexity index is 1300. The zero-order valence-electron chi connectivity index (χ0n) is 18.5. The summed E-state index contributed by atoms with van der Waals surface area (Å²) in [5, 5.41) is 4.66. The third-order valence-electron chi connectivity index (χ3n) is 6.45. The van der Waals surface area contributed by atoms with E-state index in [4.69, 9.17) is 0 Å². The van der Waals surface area contributed by atoms with Gasteiger partial charge in [0.2, 0.25) is 5.91 Å². The number of thiophene rings is 1. The molecule has 34 heavy (non-hydrogen) atoms. The Hall–Kier alpha value is -3.01. The third-order valence-corrected chi connectivity index (χ3v) is 9.72. The van der Waals surface area contributed by atoms with Crippen molar-refractivity contribution >= 4 is 44.5 Å². The lowest BCUT2D eigenvalue weighted by Gasteiger charge is -2.30. The van der Waals surface area contributed by atoms with Crippen molar-refractivity contribution in [1.82, 2.24) is 4.31 Å². The molecule has 2 amide bonds. The molecule has 2 aliphatic rings. The summed E-state index contributed by atoms with van der Waals surface area (Å²) in [6.07, 6.45) is 1.80. The summed E-state index contributed by atoms with van der Waals surface area (Å²) < 4.78 is 27.1. The van der Waals surface area contributed by atoms with E-state index in [2.05, 4.69) is 5.32 Å². The number of carbonyl (C=O) groups is 2. The molecular formula is C25H25N3O4S2. The molecule has 1 N–H and O–H groups in total. The molecule has 2 aromatic carbocycles. The fraction of sp³-hybridized carbons (Fsp3) is 0.280. The van der Waals surface area contributed by atoms with Gasteiger partial charge >= 0.3 is 0 Å². The first-order valence-corrected chi connectivity index (χ1v) is 13.6. The summed E-state index contributed by atoms with van der Waals surface area (Å²) in [4.78, 5) is 27.5. The van der Waals surface area contributed by atoms with Crippen LogP contribution in [0.1, 0.15) is 28.8 Å². The van der Waals surface area contributed by atoms with E-state index in [0.717, 1.165) is 12.1 Å². The van der Waals surface area contributed by atoms with E-state index >= 15 is 0 Å². The highest BCUT2D eigenvalue weighted by molar-refractivity contribution is 7.91. The number of nitrogens with zero attached hydrogens (tertiary/aromatic N) is 2. The van der Waals surface area contributed by atoms with E-state index in [1.165, 1.54) is 21.2 Å². The lowest BCUT2D eigenvalue weighted by molar-refractivity contribution is -0.120. The Kier molecular flexibility index (Phi) is 6.24. The van der Waals surface area contributed by atoms with Crippen molar-refractivity contribution in [2.45, 2.75) is 23.5 Å². The van der Waals surface area contributed by atoms with Crippen molar-refractivity contribution in [3.63, 3.8) is 0 Å². The molecule has 1 aromatic heterocycles. The number of amides is 2. The van der Waals surface area contributed by atoms with Gasteiger partial charge in [0, 0.05) is 42.5 Å². The van der Waals surface area contributed by atoms with E-state index in [9.17, 15) is 18.0 Å². The van der Waals surface area contributed by atoms with E-state index in [1.54, 1.807) is 46.7 Å². The fourth-order valence-electron chi connectivity index (χ4n) is 4.54. The molecule has 0 atom stereocenters. The minimum Gasteiger partial charge on any atom is -0.326 e. The molecule has 1 saturated heterocycles. The maximum absolute atomic E-state index is 13.0. The number of nitrogens with one attached hydrogen (secondary N) is 1. The van der Waals surface area contributed by atoms with Gasteiger partial charge in [0.05, 0.1) is 0 Å². The molecule has 0 radical (unpaired) electrons. The van der Waals surface area contributed by atoms with Crippen LogP contribution in [0.2, 0.25) is 0 Å². The zero-order valence-corrected chi connectivity index (χ0v) is 20.1. The summed E-state index contributed by atoms with van der Waals surface area (Å²) in [5.74, 6) is -0.430. The Labute approximate surface area is 203 Å². The van der Waals surface area contributed by atoms with Crippen LogP contribution in [0.25, 0.3) is 0 Å². The average molecular weight is 496 g/mol. The monoisotopic (exact) mass is 495 g/mol. The van der Waals surface area contributed by atoms with Crippen LogP contribution in [0.3, 0.4) is 0 Å². The first-order valence-electron chi connectivity index (χ1n) is 11.3. The number of sulfonamides is 1. The van der Waals surface area contributed by atoms with E-state index < -0.39 is 10.0 Å². The number of fused-ring (bicyclic) bond motifs is 1. The summed E-state index contributed by atoms with van der Waals surface area (Å²) >= 11 is 1.20. The number of rotatable bonds is 5. The number of para-hydroxylation sites is 1. The standard InChI is InChI=1S/C25H25N3O4S2/c29-24(19-11-14-27(15-12-19)34(31,32)23-6-3-17-33-23)26-21-9-7-20(8-10-21)25(30)28-16-13-18-4-1-2-5-22(18)28/h1-10,17,19H,11-16H2,(H,26,29). The van der Waals surface area contributed by atoms with Crippen molar-refractivity contribution in [2.24, 2.45) is 5.92 Å². The topological polar surface area (TPSA) is 86.8 Å². The molecule has 7 nitrogen and oxygen atoms in total. The smallest absolute Gasteiger partial charge is 0.258 e. The molecule has 0 spiro atoms. The highest BCUT2D eigenvalue weighted by atomic mass is 32.2. The van der Waals surface area contributed by atoms with Gasteiger partial charge in [-0.15, -0.1) is 11.3 Å². The van der Waals surface area contributed by atoms with Gasteiger partial charge in [-0.1, -0.05) is 24.3 Å².